The molecule has 540 valence electrons. The molecule has 13 atom stereocenters. The highest BCUT2D eigenvalue weighted by atomic mass is 35.5. The molecule has 8 aliphatic rings. The van der Waals surface area contributed by atoms with Gasteiger partial charge in [0.2, 0.25) is 65.0 Å². The Bertz CT molecular complexity index is 2810. The maximum atomic E-state index is 15.4. The summed E-state index contributed by atoms with van der Waals surface area (Å²) < 4.78 is 42.1. The van der Waals surface area contributed by atoms with E-state index in [0.29, 0.717) is 50.9 Å². The molecule has 4 saturated carbocycles. The van der Waals surface area contributed by atoms with E-state index < -0.39 is 155 Å². The molecule has 1 spiro atoms. The fourth-order valence-electron chi connectivity index (χ4n) is 16.9. The molecule has 4 N–H and O–H groups in total. The minimum Gasteiger partial charge on any atom is -0.351 e. The highest BCUT2D eigenvalue weighted by molar-refractivity contribution is 6.20. The van der Waals surface area contributed by atoms with Gasteiger partial charge in [-0.25, -0.2) is 0 Å². The lowest BCUT2D eigenvalue weighted by atomic mass is 9.78. The molecule has 26 heteroatoms. The van der Waals surface area contributed by atoms with Crippen LogP contribution in [0.2, 0.25) is 0 Å². The Hall–Kier alpha value is -5.75. The first-order chi connectivity index (χ1) is 45.3. The molecule has 0 aromatic heterocycles. The van der Waals surface area contributed by atoms with Crippen molar-refractivity contribution >= 4 is 76.6 Å². The van der Waals surface area contributed by atoms with Gasteiger partial charge in [0.05, 0.1) is 12.5 Å². The first-order valence-corrected chi connectivity index (χ1v) is 36.7. The number of nitrogens with zero attached hydrogens (tertiary/aromatic N) is 7. The van der Waals surface area contributed by atoms with Crippen LogP contribution >= 0.6 is 11.6 Å². The summed E-state index contributed by atoms with van der Waals surface area (Å²) in [6, 6.07) is -9.42. The first-order valence-electron chi connectivity index (χ1n) is 36.2. The number of carbonyl (C=O) groups excluding carboxylic acids is 11. The van der Waals surface area contributed by atoms with Crippen molar-refractivity contribution in [3.63, 3.8) is 0 Å². The molecule has 8 fully saturated rings. The van der Waals surface area contributed by atoms with E-state index in [-0.39, 0.29) is 127 Å². The number of likely N-dealkylation sites (N-methyl/N-ethyl adjacent to an activating group) is 4. The molecule has 0 radical (unpaired) electrons. The summed E-state index contributed by atoms with van der Waals surface area (Å²) in [5.74, 6) is -8.09. The molecule has 0 aromatic carbocycles. The van der Waals surface area contributed by atoms with Gasteiger partial charge in [-0.2, -0.15) is 13.2 Å². The Balaban J connectivity index is 1.13. The summed E-state index contributed by atoms with van der Waals surface area (Å²) in [6.07, 6.45) is 6.08. The van der Waals surface area contributed by atoms with E-state index in [4.69, 9.17) is 11.6 Å². The van der Waals surface area contributed by atoms with Crippen LogP contribution in [0.3, 0.4) is 0 Å². The lowest BCUT2D eigenvalue weighted by Crippen LogP contribution is -2.65. The van der Waals surface area contributed by atoms with E-state index >= 15 is 24.0 Å². The van der Waals surface area contributed by atoms with Gasteiger partial charge in [0.25, 0.3) is 0 Å². The van der Waals surface area contributed by atoms with Crippen LogP contribution in [0.25, 0.3) is 0 Å². The molecule has 4 saturated heterocycles. The van der Waals surface area contributed by atoms with Crippen molar-refractivity contribution in [3.05, 3.63) is 0 Å². The Morgan fingerprint density at radius 2 is 1.19 bits per heavy atom. The second kappa shape index (κ2) is 32.9. The molecular weight excluding hydrogens is 1260 g/mol. The maximum absolute atomic E-state index is 15.4. The van der Waals surface area contributed by atoms with Crippen LogP contribution in [0.1, 0.15) is 208 Å². The van der Waals surface area contributed by atoms with Crippen LogP contribution in [0.4, 0.5) is 13.2 Å². The average Bonchev–Trinajstić information content (AvgIpc) is 1.42. The zero-order chi connectivity index (χ0) is 70.2. The monoisotopic (exact) mass is 1370 g/mol. The van der Waals surface area contributed by atoms with Gasteiger partial charge in [-0.15, -0.1) is 11.6 Å². The van der Waals surface area contributed by atoms with Gasteiger partial charge in [-0.1, -0.05) is 92.4 Å². The molecule has 0 bridgehead atoms. The minimum atomic E-state index is -4.49. The van der Waals surface area contributed by atoms with Gasteiger partial charge in [-0.3, -0.25) is 52.7 Å². The second-order valence-corrected chi connectivity index (χ2v) is 31.2. The first kappa shape index (κ1) is 76.0. The van der Waals surface area contributed by atoms with E-state index in [9.17, 15) is 41.9 Å². The third-order valence-electron chi connectivity index (χ3n) is 23.2. The summed E-state index contributed by atoms with van der Waals surface area (Å²) in [6.45, 7) is 11.4. The molecule has 8 rings (SSSR count). The van der Waals surface area contributed by atoms with Crippen molar-refractivity contribution in [1.29, 1.82) is 0 Å². The van der Waals surface area contributed by atoms with Gasteiger partial charge >= 0.3 is 6.18 Å². The normalized spacial score (nSPS) is 33.6. The molecule has 4 heterocycles. The number of carbonyl (C=O) groups is 11. The highest BCUT2D eigenvalue weighted by Crippen LogP contribution is 2.44. The van der Waals surface area contributed by atoms with E-state index in [1.165, 1.54) is 48.4 Å². The van der Waals surface area contributed by atoms with Gasteiger partial charge in [0.15, 0.2) is 0 Å². The zero-order valence-corrected chi connectivity index (χ0v) is 59.4. The molecule has 96 heavy (non-hydrogen) atoms. The molecule has 11 amide bonds. The molecule has 3 unspecified atom stereocenters. The summed E-state index contributed by atoms with van der Waals surface area (Å²) in [4.78, 5) is 174. The number of halogens is 4. The van der Waals surface area contributed by atoms with Crippen LogP contribution in [0, 0.1) is 41.4 Å². The zero-order valence-electron chi connectivity index (χ0n) is 58.7. The Kier molecular flexibility index (Phi) is 26.1. The number of rotatable bonds is 10. The van der Waals surface area contributed by atoms with Crippen LogP contribution in [-0.2, 0) is 52.7 Å². The number of amides is 11. The summed E-state index contributed by atoms with van der Waals surface area (Å²) in [5, 5.41) is 10.9. The van der Waals surface area contributed by atoms with Crippen LogP contribution in [0.15, 0.2) is 0 Å². The second-order valence-electron chi connectivity index (χ2n) is 30.6. The number of nitrogens with one attached hydrogen (secondary N) is 4. The number of alkyl halides is 4. The van der Waals surface area contributed by atoms with Gasteiger partial charge in [0, 0.05) is 65.7 Å². The molecule has 0 aromatic rings. The van der Waals surface area contributed by atoms with Gasteiger partial charge in [0.1, 0.15) is 53.9 Å². The van der Waals surface area contributed by atoms with Crippen molar-refractivity contribution < 1.29 is 65.9 Å². The van der Waals surface area contributed by atoms with Crippen molar-refractivity contribution in [2.45, 2.75) is 280 Å². The summed E-state index contributed by atoms with van der Waals surface area (Å²) in [7, 11) is 6.08. The van der Waals surface area contributed by atoms with Crippen molar-refractivity contribution in [2.75, 3.05) is 54.4 Å². The number of fused-ring (bicyclic) bond motifs is 3. The SMILES string of the molecule is CC[C@H](C)[C@@H]1NC(=O)[C@H](CC(C)C)N(C)C(=O)C[C@@H](C)NC(=O)[C@H](C2CCCC2)N(C)C(=O)C2(CCCC2)NC(=O)[C@@H]2CCCN2C(=O)[C@H](CCC2CCC(C(F)(F)F)C(Cl)C2)NC(=O)[C@H]2CCCN2C(=O)[C@H](CC2CCC(C)CC2)N(C)C(=O)[C@@H]2CCN2C(=O)CN(C)C1=O. The largest absolute Gasteiger partial charge is 0.393 e. The van der Waals surface area contributed by atoms with E-state index in [2.05, 4.69) is 28.2 Å². The summed E-state index contributed by atoms with van der Waals surface area (Å²) >= 11 is 6.44. The van der Waals surface area contributed by atoms with Crippen LogP contribution in [0.5, 0.6) is 0 Å². The van der Waals surface area contributed by atoms with E-state index in [1.54, 1.807) is 27.9 Å². The maximum Gasteiger partial charge on any atom is 0.393 e. The Morgan fingerprint density at radius 1 is 0.573 bits per heavy atom. The standard InChI is InChI=1S/C70H111ClF3N11O11/c1-11-43(5)58-67(95)79(7)40-57(87)83-35-30-53(83)65(93)81(9)55(39-46-24-22-42(4)23-25-46)66(94)85-34-16-20-51(85)60(88)76-50(29-27-45-26-28-48(49(71)38-45)70(72,73)74)64(92)84-33-17-21-52(84)62(90)78-69(31-14-15-32-69)68(96)82(10)59(47-18-12-13-19-47)63(91)75-44(6)37-56(86)80(8)54(36-41(2)3)61(89)77-58/h41-55,58-59H,11-40H2,1-10H3,(H,75,91)(H,76,88)(H,77,89)(H,78,90)/t42?,43-,44+,45?,46?,48?,49?,50-,51+,52-,53-,54-,55-,58-,59-/m0/s1. The predicted molar refractivity (Wildman–Crippen MR) is 355 cm³/mol. The van der Waals surface area contributed by atoms with Crippen molar-refractivity contribution in [2.24, 2.45) is 41.4 Å². The van der Waals surface area contributed by atoms with Gasteiger partial charge < -0.3 is 55.6 Å². The fourth-order valence-corrected chi connectivity index (χ4v) is 17.4. The minimum absolute atomic E-state index is 0.0173. The predicted octanol–water partition coefficient (Wildman–Crippen LogP) is 6.68. The fraction of sp³-hybridized carbons (Fsp3) is 0.843. The topological polar surface area (TPSA) is 259 Å². The average molecular weight is 1380 g/mol. The number of hydrogen-bond donors (Lipinski definition) is 4. The quantitative estimate of drug-likeness (QED) is 0.168. The summed E-state index contributed by atoms with van der Waals surface area (Å²) in [5.41, 5.74) is -1.46. The third-order valence-corrected chi connectivity index (χ3v) is 23.7. The molecule has 4 aliphatic heterocycles. The van der Waals surface area contributed by atoms with E-state index in [1.807, 2.05) is 20.8 Å². The Labute approximate surface area is 571 Å². The van der Waals surface area contributed by atoms with Crippen LogP contribution in [-0.4, -0.2) is 225 Å². The van der Waals surface area contributed by atoms with Gasteiger partial charge in [-0.05, 0) is 145 Å². The molecule has 22 nitrogen and oxygen atoms in total. The van der Waals surface area contributed by atoms with E-state index in [0.717, 1.165) is 38.5 Å². The lowest BCUT2D eigenvalue weighted by Gasteiger charge is -2.44. The number of hydrogen-bond acceptors (Lipinski definition) is 11. The molecular formula is C70H111ClF3N11O11. The third kappa shape index (κ3) is 17.8. The Morgan fingerprint density at radius 3 is 1.77 bits per heavy atom. The lowest BCUT2D eigenvalue weighted by molar-refractivity contribution is -0.182. The smallest absolute Gasteiger partial charge is 0.351 e. The van der Waals surface area contributed by atoms with Crippen molar-refractivity contribution in [1.82, 2.24) is 55.6 Å². The molecule has 4 aliphatic carbocycles. The van der Waals surface area contributed by atoms with Crippen LogP contribution < -0.4 is 21.3 Å². The highest BCUT2D eigenvalue weighted by Gasteiger charge is 2.52. The van der Waals surface area contributed by atoms with Crippen molar-refractivity contribution in [3.8, 4) is 0 Å².